The van der Waals surface area contributed by atoms with E-state index in [-0.39, 0.29) is 0 Å². The van der Waals surface area contributed by atoms with Crippen molar-refractivity contribution in [1.29, 1.82) is 0 Å². The number of unbranched alkanes of at least 4 members (excludes halogenated alkanes) is 2. The molecule has 0 aliphatic rings. The smallest absolute Gasteiger partial charge is 0.258 e. The summed E-state index contributed by atoms with van der Waals surface area (Å²) >= 11 is 0. The van der Waals surface area contributed by atoms with Crippen LogP contribution in [0.5, 0.6) is 11.6 Å². The van der Waals surface area contributed by atoms with Gasteiger partial charge in [0.1, 0.15) is 5.82 Å². The van der Waals surface area contributed by atoms with E-state index in [0.717, 1.165) is 12.8 Å². The monoisotopic (exact) mass is 210 g/mol. The molecule has 0 aliphatic heterocycles. The fourth-order valence-electron chi connectivity index (χ4n) is 1.22. The molecule has 0 bridgehead atoms. The Morgan fingerprint density at radius 2 is 2.13 bits per heavy atom. The van der Waals surface area contributed by atoms with Gasteiger partial charge in [-0.3, -0.25) is 0 Å². The first-order valence-electron chi connectivity index (χ1n) is 5.21. The molecule has 0 aliphatic carbocycles. The molecule has 0 fully saturated rings. The third-order valence-electron chi connectivity index (χ3n) is 2.05. The van der Waals surface area contributed by atoms with Crippen LogP contribution in [-0.2, 0) is 0 Å². The molecule has 0 spiro atoms. The van der Waals surface area contributed by atoms with E-state index < -0.39 is 0 Å². The van der Waals surface area contributed by atoms with E-state index in [2.05, 4.69) is 11.9 Å². The van der Waals surface area contributed by atoms with Gasteiger partial charge in [0, 0.05) is 0 Å². The van der Waals surface area contributed by atoms with Crippen LogP contribution in [0.2, 0.25) is 0 Å². The third kappa shape index (κ3) is 3.65. The van der Waals surface area contributed by atoms with Crippen molar-refractivity contribution in [2.45, 2.75) is 26.2 Å². The van der Waals surface area contributed by atoms with Crippen molar-refractivity contribution in [3.63, 3.8) is 0 Å². The van der Waals surface area contributed by atoms with Crippen LogP contribution in [0.3, 0.4) is 0 Å². The van der Waals surface area contributed by atoms with Crippen molar-refractivity contribution in [2.24, 2.45) is 0 Å². The molecule has 1 aromatic heterocycles. The fourth-order valence-corrected chi connectivity index (χ4v) is 1.22. The molecule has 0 saturated carbocycles. The number of nitrogen functional groups attached to an aromatic ring is 1. The van der Waals surface area contributed by atoms with Gasteiger partial charge in [0.05, 0.1) is 13.7 Å². The molecule has 0 atom stereocenters. The first-order chi connectivity index (χ1) is 7.27. The van der Waals surface area contributed by atoms with E-state index in [0.29, 0.717) is 24.1 Å². The van der Waals surface area contributed by atoms with Crippen molar-refractivity contribution in [2.75, 3.05) is 19.5 Å². The van der Waals surface area contributed by atoms with Crippen LogP contribution in [0.1, 0.15) is 26.2 Å². The molecule has 1 aromatic rings. The standard InChI is InChI=1S/C11H18N2O2/c1-3-4-5-8-15-11-9(14-2)6-7-10(12)13-11/h6-7H,3-5,8H2,1-2H3,(H2,12,13). The second-order valence-electron chi connectivity index (χ2n) is 3.30. The molecular weight excluding hydrogens is 192 g/mol. The minimum atomic E-state index is 0.446. The zero-order chi connectivity index (χ0) is 11.1. The van der Waals surface area contributed by atoms with Gasteiger partial charge in [0.15, 0.2) is 5.75 Å². The molecule has 4 nitrogen and oxygen atoms in total. The number of methoxy groups -OCH3 is 1. The van der Waals surface area contributed by atoms with Crippen LogP contribution in [0.15, 0.2) is 12.1 Å². The van der Waals surface area contributed by atoms with Crippen molar-refractivity contribution in [1.82, 2.24) is 4.98 Å². The molecule has 84 valence electrons. The summed E-state index contributed by atoms with van der Waals surface area (Å²) < 4.78 is 10.6. The topological polar surface area (TPSA) is 57.4 Å². The fraction of sp³-hybridized carbons (Fsp3) is 0.545. The SMILES string of the molecule is CCCCCOc1nc(N)ccc1OC. The van der Waals surface area contributed by atoms with Crippen LogP contribution in [0, 0.1) is 0 Å². The average Bonchev–Trinajstić information content (AvgIpc) is 2.25. The van der Waals surface area contributed by atoms with E-state index in [9.17, 15) is 0 Å². The zero-order valence-corrected chi connectivity index (χ0v) is 9.32. The average molecular weight is 210 g/mol. The van der Waals surface area contributed by atoms with E-state index >= 15 is 0 Å². The second-order valence-corrected chi connectivity index (χ2v) is 3.30. The van der Waals surface area contributed by atoms with Gasteiger partial charge in [-0.15, -0.1) is 0 Å². The van der Waals surface area contributed by atoms with Crippen LogP contribution in [-0.4, -0.2) is 18.7 Å². The van der Waals surface area contributed by atoms with E-state index in [1.807, 2.05) is 0 Å². The van der Waals surface area contributed by atoms with E-state index in [1.165, 1.54) is 6.42 Å². The summed E-state index contributed by atoms with van der Waals surface area (Å²) in [5.74, 6) is 1.55. The number of pyridine rings is 1. The first-order valence-corrected chi connectivity index (χ1v) is 5.21. The first kappa shape index (κ1) is 11.6. The van der Waals surface area contributed by atoms with Gasteiger partial charge in [0.2, 0.25) is 0 Å². The lowest BCUT2D eigenvalue weighted by Crippen LogP contribution is -2.02. The summed E-state index contributed by atoms with van der Waals surface area (Å²) in [5, 5.41) is 0. The number of anilines is 1. The highest BCUT2D eigenvalue weighted by Crippen LogP contribution is 2.25. The predicted molar refractivity (Wildman–Crippen MR) is 60.2 cm³/mol. The van der Waals surface area contributed by atoms with Gasteiger partial charge < -0.3 is 15.2 Å². The molecule has 1 rings (SSSR count). The maximum atomic E-state index is 5.57. The number of aromatic nitrogens is 1. The lowest BCUT2D eigenvalue weighted by atomic mass is 10.3. The number of nitrogens with two attached hydrogens (primary N) is 1. The Morgan fingerprint density at radius 1 is 1.33 bits per heavy atom. The largest absolute Gasteiger partial charge is 0.491 e. The molecule has 0 radical (unpaired) electrons. The molecule has 2 N–H and O–H groups in total. The number of ether oxygens (including phenoxy) is 2. The summed E-state index contributed by atoms with van der Waals surface area (Å²) in [5.41, 5.74) is 5.57. The van der Waals surface area contributed by atoms with Crippen molar-refractivity contribution < 1.29 is 9.47 Å². The Labute approximate surface area is 90.4 Å². The molecule has 1 heterocycles. The molecule has 0 amide bonds. The van der Waals surface area contributed by atoms with Gasteiger partial charge in [-0.25, -0.2) is 0 Å². The van der Waals surface area contributed by atoms with Crippen LogP contribution in [0.4, 0.5) is 5.82 Å². The maximum Gasteiger partial charge on any atom is 0.258 e. The normalized spacial score (nSPS) is 10.0. The van der Waals surface area contributed by atoms with Crippen molar-refractivity contribution >= 4 is 5.82 Å². The molecular formula is C11H18N2O2. The highest BCUT2D eigenvalue weighted by molar-refractivity contribution is 5.41. The van der Waals surface area contributed by atoms with Crippen LogP contribution < -0.4 is 15.2 Å². The second kappa shape index (κ2) is 6.11. The van der Waals surface area contributed by atoms with Crippen LogP contribution >= 0.6 is 0 Å². The summed E-state index contributed by atoms with van der Waals surface area (Å²) in [7, 11) is 1.59. The summed E-state index contributed by atoms with van der Waals surface area (Å²) in [6.07, 6.45) is 3.35. The van der Waals surface area contributed by atoms with E-state index in [4.69, 9.17) is 15.2 Å². The Bertz CT molecular complexity index is 303. The summed E-state index contributed by atoms with van der Waals surface area (Å²) in [6, 6.07) is 3.45. The Hall–Kier alpha value is -1.45. The minimum Gasteiger partial charge on any atom is -0.491 e. The summed E-state index contributed by atoms with van der Waals surface area (Å²) in [4.78, 5) is 4.07. The number of rotatable bonds is 6. The van der Waals surface area contributed by atoms with E-state index in [1.54, 1.807) is 19.2 Å². The minimum absolute atomic E-state index is 0.446. The predicted octanol–water partition coefficient (Wildman–Crippen LogP) is 2.24. The van der Waals surface area contributed by atoms with Crippen molar-refractivity contribution in [3.05, 3.63) is 12.1 Å². The maximum absolute atomic E-state index is 5.57. The van der Waals surface area contributed by atoms with Gasteiger partial charge in [-0.2, -0.15) is 4.98 Å². The van der Waals surface area contributed by atoms with Gasteiger partial charge in [-0.1, -0.05) is 19.8 Å². The van der Waals surface area contributed by atoms with Crippen molar-refractivity contribution in [3.8, 4) is 11.6 Å². The van der Waals surface area contributed by atoms with Gasteiger partial charge in [0.25, 0.3) is 5.88 Å². The highest BCUT2D eigenvalue weighted by atomic mass is 16.5. The molecule has 0 aromatic carbocycles. The zero-order valence-electron chi connectivity index (χ0n) is 9.32. The molecule has 0 saturated heterocycles. The Morgan fingerprint density at radius 3 is 2.80 bits per heavy atom. The third-order valence-corrected chi connectivity index (χ3v) is 2.05. The molecule has 4 heteroatoms. The molecule has 15 heavy (non-hydrogen) atoms. The van der Waals surface area contributed by atoms with Gasteiger partial charge in [-0.05, 0) is 18.6 Å². The number of hydrogen-bond acceptors (Lipinski definition) is 4. The van der Waals surface area contributed by atoms with Gasteiger partial charge >= 0.3 is 0 Å². The molecule has 0 unspecified atom stereocenters. The Balaban J connectivity index is 2.54. The highest BCUT2D eigenvalue weighted by Gasteiger charge is 2.05. The summed E-state index contributed by atoms with van der Waals surface area (Å²) in [6.45, 7) is 2.81. The lowest BCUT2D eigenvalue weighted by molar-refractivity contribution is 0.275. The number of nitrogens with zero attached hydrogens (tertiary/aromatic N) is 1. The van der Waals surface area contributed by atoms with Crippen LogP contribution in [0.25, 0.3) is 0 Å². The lowest BCUT2D eigenvalue weighted by Gasteiger charge is -2.09. The quantitative estimate of drug-likeness (QED) is 0.731. The number of hydrogen-bond donors (Lipinski definition) is 1. The Kier molecular flexibility index (Phi) is 4.74.